The molecule has 500 valence electrons. The highest BCUT2D eigenvalue weighted by molar-refractivity contribution is 9.12. The summed E-state index contributed by atoms with van der Waals surface area (Å²) in [4.78, 5) is 0. The number of aliphatic hydroxyl groups excluding tert-OH is 5. The van der Waals surface area contributed by atoms with Gasteiger partial charge in [0.15, 0.2) is 0 Å². The van der Waals surface area contributed by atoms with Gasteiger partial charge in [0.2, 0.25) is 0 Å². The van der Waals surface area contributed by atoms with E-state index in [1.807, 2.05) is 13.0 Å². The molecule has 5 aliphatic rings. The first-order valence-electron chi connectivity index (χ1n) is 35.3. The summed E-state index contributed by atoms with van der Waals surface area (Å²) in [6.45, 7) is -6.58. The molecule has 0 radical (unpaired) electrons. The van der Waals surface area contributed by atoms with Gasteiger partial charge in [-0.15, -0.1) is 0 Å². The molecular weight excluding hydrogens is 1730 g/mol. The molecule has 0 aliphatic heterocycles. The molecule has 5 fully saturated rings. The first-order valence-corrected chi connectivity index (χ1v) is 37.5. The fourth-order valence-corrected chi connectivity index (χ4v) is 16.1. The number of hydrogen-bond acceptors (Lipinski definition) is 15. The molecular formula is C66H93Br9N10O5. The minimum absolute atomic E-state index is 0.0607. The minimum atomic E-state index is -1.71. The number of halogens is 9. The van der Waals surface area contributed by atoms with Gasteiger partial charge in [-0.05, 0) is 303 Å². The molecule has 24 heteroatoms. The van der Waals surface area contributed by atoms with Crippen molar-refractivity contribution in [3.8, 4) is 0 Å². The van der Waals surface area contributed by atoms with Crippen molar-refractivity contribution >= 4 is 172 Å². The van der Waals surface area contributed by atoms with Crippen LogP contribution in [-0.2, 0) is 32.5 Å². The summed E-state index contributed by atoms with van der Waals surface area (Å²) in [5, 5.41) is 62.7. The van der Waals surface area contributed by atoms with E-state index >= 15 is 0 Å². The predicted molar refractivity (Wildman–Crippen MR) is 404 cm³/mol. The lowest BCUT2D eigenvalue weighted by atomic mass is 9.93. The average Bonchev–Trinajstić information content (AvgIpc) is 0.827. The summed E-state index contributed by atoms with van der Waals surface area (Å²) in [5.74, 6) is 0. The molecule has 5 saturated carbocycles. The van der Waals surface area contributed by atoms with Gasteiger partial charge in [-0.25, -0.2) is 0 Å². The molecule has 5 aromatic rings. The molecule has 2 atom stereocenters. The van der Waals surface area contributed by atoms with Gasteiger partial charge in [0.1, 0.15) is 0 Å². The first-order chi connectivity index (χ1) is 46.5. The van der Waals surface area contributed by atoms with E-state index in [9.17, 15) is 25.5 Å². The zero-order valence-corrected chi connectivity index (χ0v) is 64.5. The lowest BCUT2D eigenvalue weighted by Crippen LogP contribution is -2.34. The van der Waals surface area contributed by atoms with Gasteiger partial charge in [-0.3, -0.25) is 0 Å². The molecule has 0 spiro atoms. The van der Waals surface area contributed by atoms with E-state index in [1.165, 1.54) is 0 Å². The summed E-state index contributed by atoms with van der Waals surface area (Å²) >= 11 is 30.2. The van der Waals surface area contributed by atoms with Crippen molar-refractivity contribution in [1.82, 2.24) is 26.6 Å². The maximum Gasteiger partial charge on any atom is 0.0541 e. The Morgan fingerprint density at radius 2 is 0.578 bits per heavy atom. The second kappa shape index (κ2) is 40.0. The van der Waals surface area contributed by atoms with Gasteiger partial charge < -0.3 is 80.8 Å². The van der Waals surface area contributed by atoms with E-state index in [1.54, 1.807) is 54.6 Å². The van der Waals surface area contributed by atoms with Gasteiger partial charge in [0.05, 0.1) is 59.0 Å². The smallest absolute Gasteiger partial charge is 0.0541 e. The molecule has 0 aromatic heterocycles. The highest BCUT2D eigenvalue weighted by Crippen LogP contribution is 2.34. The van der Waals surface area contributed by atoms with Crippen LogP contribution in [0, 0.1) is 6.92 Å². The standard InChI is InChI=1S/C14H21BrN2O.4C13H18Br2N2O/c1-9-6-10(14(16)13(15)7-9)8-17-11-2-4-12(18)5-3-11;4*14-9-5-8(13(16)12(15)6-9)7-17-10-1-3-11(18)4-2-10/h6-7,11-12,17-18H,2-5,8,16H2,1H3;4*5-6,10-11,17-18H,1-4,7,16H2/i8+1H2;7+1D2;7+1DH;7D2;7DH. The van der Waals surface area contributed by atoms with E-state index in [2.05, 4.69) is 170 Å². The third-order valence-electron chi connectivity index (χ3n) is 16.2. The number of aliphatic hydroxyl groups is 5. The van der Waals surface area contributed by atoms with Crippen LogP contribution in [0.25, 0.3) is 0 Å². The normalized spacial score (nSPS) is 27.7. The number of nitrogens with two attached hydrogens (primary N) is 5. The fourth-order valence-electron chi connectivity index (χ4n) is 10.6. The van der Waals surface area contributed by atoms with Crippen LogP contribution in [0.2, 0.25) is 0 Å². The lowest BCUT2D eigenvalue weighted by molar-refractivity contribution is 0.116. The molecule has 20 N–H and O–H groups in total. The van der Waals surface area contributed by atoms with Crippen molar-refractivity contribution in [2.45, 2.75) is 229 Å². The zero-order valence-electron chi connectivity index (χ0n) is 60.2. The summed E-state index contributed by atoms with van der Waals surface area (Å²) in [5.41, 5.74) is 35.1. The van der Waals surface area contributed by atoms with Crippen molar-refractivity contribution < 1.29 is 39.2 Å². The van der Waals surface area contributed by atoms with Crippen molar-refractivity contribution in [1.29, 1.82) is 0 Å². The number of nitrogens with one attached hydrogen (secondary N) is 5. The van der Waals surface area contributed by atoms with Crippen molar-refractivity contribution in [2.24, 2.45) is 0 Å². The maximum atomic E-state index is 9.51. The quantitative estimate of drug-likeness (QED) is 0.0343. The zero-order chi connectivity index (χ0) is 74.6. The largest absolute Gasteiger partial charge is 0.398 e. The second-order valence-corrected chi connectivity index (χ2v) is 31.4. The molecule has 0 amide bonds. The van der Waals surface area contributed by atoms with Gasteiger partial charge in [0, 0.05) is 117 Å². The predicted octanol–water partition coefficient (Wildman–Crippen LogP) is 15.5. The minimum Gasteiger partial charge on any atom is -0.398 e. The molecule has 15 nitrogen and oxygen atoms in total. The second-order valence-electron chi connectivity index (χ2n) is 23.5. The van der Waals surface area contributed by atoms with E-state index in [0.717, 1.165) is 105 Å². The summed E-state index contributed by atoms with van der Waals surface area (Å²) in [7, 11) is 0. The Labute approximate surface area is 623 Å². The van der Waals surface area contributed by atoms with Crippen LogP contribution in [0.5, 0.6) is 0 Å². The van der Waals surface area contributed by atoms with Crippen LogP contribution in [0.3, 0.4) is 0 Å². The maximum absolute atomic E-state index is 9.51. The number of anilines is 5. The molecule has 0 bridgehead atoms. The topological polar surface area (TPSA) is 291 Å². The van der Waals surface area contributed by atoms with E-state index in [4.69, 9.17) is 42.4 Å². The molecule has 5 aromatic carbocycles. The van der Waals surface area contributed by atoms with Crippen LogP contribution in [0.15, 0.2) is 101 Å². The Morgan fingerprint density at radius 3 is 0.878 bits per heavy atom. The molecule has 2 unspecified atom stereocenters. The van der Waals surface area contributed by atoms with Gasteiger partial charge in [0.25, 0.3) is 0 Å². The van der Waals surface area contributed by atoms with Crippen LogP contribution < -0.4 is 55.3 Å². The fraction of sp³-hybridized carbons (Fsp3) is 0.545. The Kier molecular flexibility index (Phi) is 28.4. The van der Waals surface area contributed by atoms with Crippen molar-refractivity contribution in [3.05, 3.63) is 134 Å². The summed E-state index contributed by atoms with van der Waals surface area (Å²) < 4.78 is 89.2. The number of rotatable bonds is 15. The summed E-state index contributed by atoms with van der Waals surface area (Å²) in [6.07, 6.45) is 13.7. The Bertz CT molecular complexity index is 2970. The van der Waals surface area contributed by atoms with E-state index in [-0.39, 0.29) is 60.7 Å². The number of aryl methyl sites for hydroxylation is 1. The van der Waals surface area contributed by atoms with Crippen molar-refractivity contribution in [3.63, 3.8) is 0 Å². The van der Waals surface area contributed by atoms with Crippen LogP contribution in [0.1, 0.15) is 176 Å². The average molecular weight is 1830 g/mol. The molecule has 90 heavy (non-hydrogen) atoms. The molecule has 10 rings (SSSR count). The number of hydrogen-bond donors (Lipinski definition) is 15. The number of benzene rings is 5. The van der Waals surface area contributed by atoms with Crippen LogP contribution >= 0.6 is 143 Å². The Hall–Kier alpha value is -0.980. The highest BCUT2D eigenvalue weighted by atomic mass is 79.9. The highest BCUT2D eigenvalue weighted by Gasteiger charge is 2.24. The van der Waals surface area contributed by atoms with Crippen molar-refractivity contribution in [2.75, 3.05) is 28.7 Å². The number of nitrogen functional groups attached to an aromatic ring is 5. The van der Waals surface area contributed by atoms with Gasteiger partial charge in [-0.1, -0.05) is 69.8 Å². The molecule has 5 aliphatic carbocycles. The summed E-state index contributed by atoms with van der Waals surface area (Å²) in [6, 6.07) is 18.0. The van der Waals surface area contributed by atoms with Crippen LogP contribution in [0.4, 0.5) is 28.4 Å². The van der Waals surface area contributed by atoms with E-state index < -0.39 is 32.5 Å². The third-order valence-corrected chi connectivity index (χ3v) is 21.3. The lowest BCUT2D eigenvalue weighted by Gasteiger charge is -2.26. The molecule has 0 saturated heterocycles. The molecule has 0 heterocycles. The Balaban J connectivity index is 0.000000197. The first kappa shape index (κ1) is 63.7. The Morgan fingerprint density at radius 1 is 0.344 bits per heavy atom. The van der Waals surface area contributed by atoms with Gasteiger partial charge >= 0.3 is 0 Å². The third kappa shape index (κ3) is 27.1. The SMILES string of the molecule is [1H]C([2H])(NC1CCC(O)CC1)c1cc(Br)cc(Br)c1N.[1H][13C]([1H])(NC1CCC(O)CC1)c1cc(C)cc(Br)c1N.[1H][13C]([2H])(NC1CCC(O)CC1)c1cc(Br)cc(Br)c1N.[2H]C([2H])(NC1CCC(O)CC1)c1cc(Br)cc(Br)c1N.[2H][13C]([2H])(NC1CCC(O)CC1)c1cc(Br)cc(Br)c1N. The van der Waals surface area contributed by atoms with Gasteiger partial charge in [-0.2, -0.15) is 0 Å². The van der Waals surface area contributed by atoms with Crippen LogP contribution in [-0.4, -0.2) is 86.3 Å². The monoisotopic (exact) mass is 1830 g/mol. The van der Waals surface area contributed by atoms with E-state index in [0.29, 0.717) is 126 Å².